The van der Waals surface area contributed by atoms with E-state index in [-0.39, 0.29) is 12.0 Å². The molecule has 0 radical (unpaired) electrons. The number of amides is 1. The molecule has 1 saturated heterocycles. The molecule has 1 aromatic carbocycles. The maximum atomic E-state index is 12.7. The molecule has 2 atom stereocenters. The molecule has 5 nitrogen and oxygen atoms in total. The largest absolute Gasteiger partial charge is 0.464 e. The quantitative estimate of drug-likeness (QED) is 0.797. The average Bonchev–Trinajstić information content (AvgIpc) is 2.91. The lowest BCUT2D eigenvalue weighted by Gasteiger charge is -2.31. The maximum Gasteiger partial charge on any atom is 0.411 e. The molecule has 1 heterocycles. The lowest BCUT2D eigenvalue weighted by Crippen LogP contribution is -2.45. The molecule has 0 aliphatic carbocycles. The summed E-state index contributed by atoms with van der Waals surface area (Å²) in [6, 6.07) is 8.97. The molecule has 0 N–H and O–H groups in total. The minimum absolute atomic E-state index is 0.166. The number of rotatable bonds is 3. The predicted octanol–water partition coefficient (Wildman–Crippen LogP) is 3.69. The molecule has 2 rings (SSSR count). The first kappa shape index (κ1) is 17.3. The van der Waals surface area contributed by atoms with Gasteiger partial charge in [-0.15, -0.1) is 0 Å². The van der Waals surface area contributed by atoms with Crippen LogP contribution in [0.5, 0.6) is 0 Å². The first-order valence-electron chi connectivity index (χ1n) is 8.06. The van der Waals surface area contributed by atoms with Gasteiger partial charge < -0.3 is 9.47 Å². The molecule has 1 aliphatic rings. The molecule has 1 amide bonds. The van der Waals surface area contributed by atoms with Crippen LogP contribution < -0.4 is 0 Å². The van der Waals surface area contributed by atoms with Crippen LogP contribution in [-0.2, 0) is 14.3 Å². The second-order valence-electron chi connectivity index (χ2n) is 6.66. The minimum Gasteiger partial charge on any atom is -0.464 e. The fraction of sp³-hybridized carbons (Fsp3) is 0.556. The fourth-order valence-corrected chi connectivity index (χ4v) is 2.85. The van der Waals surface area contributed by atoms with Crippen molar-refractivity contribution >= 4 is 12.1 Å². The fourth-order valence-electron chi connectivity index (χ4n) is 2.85. The summed E-state index contributed by atoms with van der Waals surface area (Å²) in [5, 5.41) is 0. The smallest absolute Gasteiger partial charge is 0.411 e. The highest BCUT2D eigenvalue weighted by atomic mass is 16.6. The third-order valence-electron chi connectivity index (χ3n) is 3.73. The number of hydrogen-bond acceptors (Lipinski definition) is 4. The molecule has 23 heavy (non-hydrogen) atoms. The van der Waals surface area contributed by atoms with E-state index in [0.29, 0.717) is 19.4 Å². The number of nitrogens with zero attached hydrogens (tertiary/aromatic N) is 1. The normalized spacial score (nSPS) is 21.1. The van der Waals surface area contributed by atoms with Crippen molar-refractivity contribution in [1.29, 1.82) is 0 Å². The Labute approximate surface area is 137 Å². The minimum atomic E-state index is -0.611. The van der Waals surface area contributed by atoms with E-state index in [4.69, 9.17) is 9.47 Å². The SMILES string of the molecule is CCOC(=O)[C@@H]1CC[C@@H](c2ccccc2)N1C(=O)OC(C)(C)C. The van der Waals surface area contributed by atoms with E-state index in [1.807, 2.05) is 51.1 Å². The molecule has 1 aliphatic heterocycles. The standard InChI is InChI=1S/C18H25NO4/c1-5-22-16(20)15-12-11-14(13-9-7-6-8-10-13)19(15)17(21)23-18(2,3)4/h6-10,14-15H,5,11-12H2,1-4H3/t14-,15-/m0/s1. The highest BCUT2D eigenvalue weighted by Gasteiger charge is 2.44. The predicted molar refractivity (Wildman–Crippen MR) is 86.9 cm³/mol. The van der Waals surface area contributed by atoms with Gasteiger partial charge in [-0.1, -0.05) is 30.3 Å². The highest BCUT2D eigenvalue weighted by molar-refractivity contribution is 5.82. The molecule has 5 heteroatoms. The summed E-state index contributed by atoms with van der Waals surface area (Å²) in [4.78, 5) is 26.4. The molecule has 0 bridgehead atoms. The lowest BCUT2D eigenvalue weighted by molar-refractivity contribution is -0.148. The third kappa shape index (κ3) is 4.24. The molecule has 0 aromatic heterocycles. The van der Waals surface area contributed by atoms with Gasteiger partial charge >= 0.3 is 12.1 Å². The van der Waals surface area contributed by atoms with Gasteiger partial charge in [0.25, 0.3) is 0 Å². The van der Waals surface area contributed by atoms with E-state index < -0.39 is 17.7 Å². The monoisotopic (exact) mass is 319 g/mol. The average molecular weight is 319 g/mol. The van der Waals surface area contributed by atoms with Gasteiger partial charge in [-0.25, -0.2) is 9.59 Å². The van der Waals surface area contributed by atoms with Crippen LogP contribution in [0.2, 0.25) is 0 Å². The number of benzene rings is 1. The second-order valence-corrected chi connectivity index (χ2v) is 6.66. The summed E-state index contributed by atoms with van der Waals surface area (Å²) in [6.07, 6.45) is 0.826. The van der Waals surface area contributed by atoms with Crippen LogP contribution in [-0.4, -0.2) is 35.2 Å². The van der Waals surface area contributed by atoms with Gasteiger partial charge in [-0.05, 0) is 46.1 Å². The van der Waals surface area contributed by atoms with Gasteiger partial charge in [0.2, 0.25) is 0 Å². The van der Waals surface area contributed by atoms with E-state index >= 15 is 0 Å². The zero-order valence-corrected chi connectivity index (χ0v) is 14.2. The molecule has 0 spiro atoms. The Morgan fingerprint density at radius 1 is 1.17 bits per heavy atom. The van der Waals surface area contributed by atoms with Crippen LogP contribution in [0.1, 0.15) is 52.1 Å². The van der Waals surface area contributed by atoms with Gasteiger partial charge in [-0.2, -0.15) is 0 Å². The molecule has 1 aromatic rings. The van der Waals surface area contributed by atoms with E-state index in [1.54, 1.807) is 11.8 Å². The van der Waals surface area contributed by atoms with Crippen LogP contribution >= 0.6 is 0 Å². The molecule has 1 fully saturated rings. The second kappa shape index (κ2) is 7.02. The number of likely N-dealkylation sites (tertiary alicyclic amines) is 1. The van der Waals surface area contributed by atoms with E-state index in [2.05, 4.69) is 0 Å². The van der Waals surface area contributed by atoms with E-state index in [9.17, 15) is 9.59 Å². The summed E-state index contributed by atoms with van der Waals surface area (Å²) >= 11 is 0. The lowest BCUT2D eigenvalue weighted by atomic mass is 10.1. The summed E-state index contributed by atoms with van der Waals surface area (Å²) in [5.74, 6) is -0.364. The van der Waals surface area contributed by atoms with E-state index in [1.165, 1.54) is 0 Å². The molecule has 0 saturated carbocycles. The molecular formula is C18H25NO4. The van der Waals surface area contributed by atoms with Crippen molar-refractivity contribution in [2.24, 2.45) is 0 Å². The number of hydrogen-bond donors (Lipinski definition) is 0. The van der Waals surface area contributed by atoms with Gasteiger partial charge in [0.1, 0.15) is 11.6 Å². The number of ether oxygens (including phenoxy) is 2. The summed E-state index contributed by atoms with van der Waals surface area (Å²) in [5.41, 5.74) is 0.394. The Bertz CT molecular complexity index is 550. The maximum absolute atomic E-state index is 12.7. The summed E-state index contributed by atoms with van der Waals surface area (Å²) in [6.45, 7) is 7.51. The first-order valence-corrected chi connectivity index (χ1v) is 8.06. The summed E-state index contributed by atoms with van der Waals surface area (Å²) < 4.78 is 10.6. The molecule has 0 unspecified atom stereocenters. The Hall–Kier alpha value is -2.04. The number of carbonyl (C=O) groups excluding carboxylic acids is 2. The Morgan fingerprint density at radius 2 is 1.83 bits per heavy atom. The van der Waals surface area contributed by atoms with Crippen molar-refractivity contribution < 1.29 is 19.1 Å². The highest BCUT2D eigenvalue weighted by Crippen LogP contribution is 2.37. The first-order chi connectivity index (χ1) is 10.8. The third-order valence-corrected chi connectivity index (χ3v) is 3.73. The van der Waals surface area contributed by atoms with Crippen molar-refractivity contribution in [3.05, 3.63) is 35.9 Å². The van der Waals surface area contributed by atoms with Crippen molar-refractivity contribution in [3.8, 4) is 0 Å². The van der Waals surface area contributed by atoms with Crippen molar-refractivity contribution in [2.45, 2.75) is 58.2 Å². The van der Waals surface area contributed by atoms with Gasteiger partial charge in [-0.3, -0.25) is 4.90 Å². The van der Waals surface area contributed by atoms with Crippen LogP contribution in [0.3, 0.4) is 0 Å². The van der Waals surface area contributed by atoms with Crippen molar-refractivity contribution in [3.63, 3.8) is 0 Å². The topological polar surface area (TPSA) is 55.8 Å². The summed E-state index contributed by atoms with van der Waals surface area (Å²) in [7, 11) is 0. The van der Waals surface area contributed by atoms with Gasteiger partial charge in [0, 0.05) is 0 Å². The van der Waals surface area contributed by atoms with Crippen LogP contribution in [0.25, 0.3) is 0 Å². The van der Waals surface area contributed by atoms with Crippen LogP contribution in [0, 0.1) is 0 Å². The number of esters is 1. The van der Waals surface area contributed by atoms with Gasteiger partial charge in [0.15, 0.2) is 0 Å². The van der Waals surface area contributed by atoms with Crippen LogP contribution in [0.15, 0.2) is 30.3 Å². The van der Waals surface area contributed by atoms with Crippen LogP contribution in [0.4, 0.5) is 4.79 Å². The number of carbonyl (C=O) groups is 2. The zero-order valence-electron chi connectivity index (χ0n) is 14.2. The van der Waals surface area contributed by atoms with Crippen molar-refractivity contribution in [1.82, 2.24) is 4.90 Å². The van der Waals surface area contributed by atoms with E-state index in [0.717, 1.165) is 5.56 Å². The van der Waals surface area contributed by atoms with Gasteiger partial charge in [0.05, 0.1) is 12.6 Å². The molecular weight excluding hydrogens is 294 g/mol. The Morgan fingerprint density at radius 3 is 2.39 bits per heavy atom. The molecule has 126 valence electrons. The Balaban J connectivity index is 2.28. The zero-order chi connectivity index (χ0) is 17.0. The Kier molecular flexibility index (Phi) is 5.29. The van der Waals surface area contributed by atoms with Crippen molar-refractivity contribution in [2.75, 3.05) is 6.61 Å².